The Bertz CT molecular complexity index is 369. The van der Waals surface area contributed by atoms with Crippen molar-refractivity contribution in [2.45, 2.75) is 27.3 Å². The molecular weight excluding hydrogens is 256 g/mol. The third kappa shape index (κ3) is 4.44. The topological polar surface area (TPSA) is 31.4 Å². The minimum Gasteiger partial charge on any atom is -0.346 e. The van der Waals surface area contributed by atoms with Crippen LogP contribution < -0.4 is 10.2 Å². The number of thiazole rings is 1. The van der Waals surface area contributed by atoms with E-state index in [0.717, 1.165) is 45.8 Å². The smallest absolute Gasteiger partial charge is 0.185 e. The fourth-order valence-electron chi connectivity index (χ4n) is 2.26. The summed E-state index contributed by atoms with van der Waals surface area (Å²) in [5.41, 5.74) is 0. The molecule has 1 fully saturated rings. The van der Waals surface area contributed by atoms with Gasteiger partial charge in [-0.25, -0.2) is 4.98 Å². The molecule has 2 heterocycles. The average molecular weight is 282 g/mol. The second kappa shape index (κ2) is 7.22. The summed E-state index contributed by atoms with van der Waals surface area (Å²) in [5.74, 6) is 0.703. The number of hydrogen-bond donors (Lipinski definition) is 1. The molecule has 0 aliphatic carbocycles. The molecule has 19 heavy (non-hydrogen) atoms. The van der Waals surface area contributed by atoms with Crippen LogP contribution in [0.1, 0.15) is 25.6 Å². The Balaban J connectivity index is 1.80. The molecule has 1 aromatic heterocycles. The van der Waals surface area contributed by atoms with Gasteiger partial charge in [0.1, 0.15) is 0 Å². The van der Waals surface area contributed by atoms with Crippen molar-refractivity contribution in [3.8, 4) is 0 Å². The van der Waals surface area contributed by atoms with Crippen molar-refractivity contribution in [3.63, 3.8) is 0 Å². The van der Waals surface area contributed by atoms with Crippen molar-refractivity contribution in [1.29, 1.82) is 0 Å². The second-order valence-electron chi connectivity index (χ2n) is 5.56. The van der Waals surface area contributed by atoms with E-state index in [1.807, 2.05) is 17.5 Å². The van der Waals surface area contributed by atoms with Crippen molar-refractivity contribution in [2.75, 3.05) is 44.2 Å². The van der Waals surface area contributed by atoms with Gasteiger partial charge in [0.05, 0.1) is 0 Å². The minimum atomic E-state index is 0.703. The fourth-order valence-corrected chi connectivity index (χ4v) is 3.20. The molecule has 1 aromatic rings. The summed E-state index contributed by atoms with van der Waals surface area (Å²) in [6.45, 7) is 14.4. The van der Waals surface area contributed by atoms with Crippen LogP contribution in [0, 0.1) is 5.92 Å². The van der Waals surface area contributed by atoms with Crippen LogP contribution in [-0.4, -0.2) is 49.2 Å². The number of hydrogen-bond acceptors (Lipinski definition) is 5. The van der Waals surface area contributed by atoms with Crippen LogP contribution in [0.5, 0.6) is 0 Å². The molecule has 1 aliphatic heterocycles. The number of likely N-dealkylation sites (N-methyl/N-ethyl adjacent to an activating group) is 1. The zero-order chi connectivity index (χ0) is 13.7. The fraction of sp³-hybridized carbons (Fsp3) is 0.786. The molecule has 0 bridgehead atoms. The largest absolute Gasteiger partial charge is 0.346 e. The van der Waals surface area contributed by atoms with E-state index in [1.165, 1.54) is 10.0 Å². The Morgan fingerprint density at radius 1 is 1.32 bits per heavy atom. The highest BCUT2D eigenvalue weighted by atomic mass is 32.1. The monoisotopic (exact) mass is 282 g/mol. The molecular formula is C14H26N4S. The maximum atomic E-state index is 4.57. The second-order valence-corrected chi connectivity index (χ2v) is 6.65. The lowest BCUT2D eigenvalue weighted by Gasteiger charge is -2.33. The summed E-state index contributed by atoms with van der Waals surface area (Å²) in [5, 5.41) is 4.67. The molecule has 0 atom stereocenters. The Labute approximate surface area is 120 Å². The minimum absolute atomic E-state index is 0.703. The molecule has 0 aromatic carbocycles. The Kier molecular flexibility index (Phi) is 5.60. The van der Waals surface area contributed by atoms with Crippen LogP contribution in [0.2, 0.25) is 0 Å². The Hall–Kier alpha value is -0.650. The van der Waals surface area contributed by atoms with Gasteiger partial charge in [-0.2, -0.15) is 0 Å². The van der Waals surface area contributed by atoms with Gasteiger partial charge in [0, 0.05) is 43.8 Å². The molecule has 0 saturated carbocycles. The Morgan fingerprint density at radius 3 is 2.68 bits per heavy atom. The van der Waals surface area contributed by atoms with Crippen LogP contribution in [-0.2, 0) is 6.54 Å². The van der Waals surface area contributed by atoms with E-state index in [2.05, 4.69) is 40.9 Å². The van der Waals surface area contributed by atoms with Gasteiger partial charge in [-0.1, -0.05) is 20.8 Å². The van der Waals surface area contributed by atoms with Crippen LogP contribution in [0.3, 0.4) is 0 Å². The van der Waals surface area contributed by atoms with Gasteiger partial charge >= 0.3 is 0 Å². The molecule has 0 amide bonds. The van der Waals surface area contributed by atoms with Gasteiger partial charge in [0.25, 0.3) is 0 Å². The standard InChI is InChI=1S/C14H26N4S/c1-4-17-5-7-18(8-6-17)14-16-11-13(19-14)10-15-9-12(2)3/h11-12,15H,4-10H2,1-3H3. The number of aromatic nitrogens is 1. The highest BCUT2D eigenvalue weighted by Crippen LogP contribution is 2.23. The highest BCUT2D eigenvalue weighted by molar-refractivity contribution is 7.15. The maximum absolute atomic E-state index is 4.57. The number of rotatable bonds is 6. The molecule has 1 aliphatic rings. The van der Waals surface area contributed by atoms with Crippen LogP contribution in [0.25, 0.3) is 0 Å². The van der Waals surface area contributed by atoms with Crippen molar-refractivity contribution >= 4 is 16.5 Å². The predicted octanol–water partition coefficient (Wildman–Crippen LogP) is 2.03. The summed E-state index contributed by atoms with van der Waals surface area (Å²) in [4.78, 5) is 10.8. The molecule has 0 radical (unpaired) electrons. The van der Waals surface area contributed by atoms with Crippen LogP contribution in [0.4, 0.5) is 5.13 Å². The van der Waals surface area contributed by atoms with Gasteiger partial charge in [-0.15, -0.1) is 11.3 Å². The van der Waals surface area contributed by atoms with Crippen LogP contribution in [0.15, 0.2) is 6.20 Å². The molecule has 0 unspecified atom stereocenters. The molecule has 4 nitrogen and oxygen atoms in total. The van der Waals surface area contributed by atoms with E-state index in [1.54, 1.807) is 0 Å². The van der Waals surface area contributed by atoms with Gasteiger partial charge in [0.2, 0.25) is 0 Å². The van der Waals surface area contributed by atoms with E-state index in [4.69, 9.17) is 0 Å². The summed E-state index contributed by atoms with van der Waals surface area (Å²) >= 11 is 1.83. The number of piperazine rings is 1. The summed E-state index contributed by atoms with van der Waals surface area (Å²) < 4.78 is 0. The molecule has 2 rings (SSSR count). The van der Waals surface area contributed by atoms with Gasteiger partial charge in [-0.3, -0.25) is 0 Å². The molecule has 1 N–H and O–H groups in total. The summed E-state index contributed by atoms with van der Waals surface area (Å²) in [6.07, 6.45) is 2.03. The van der Waals surface area contributed by atoms with Crippen molar-refractivity contribution in [3.05, 3.63) is 11.1 Å². The van der Waals surface area contributed by atoms with E-state index >= 15 is 0 Å². The lowest BCUT2D eigenvalue weighted by molar-refractivity contribution is 0.271. The Morgan fingerprint density at radius 2 is 2.05 bits per heavy atom. The van der Waals surface area contributed by atoms with Gasteiger partial charge in [-0.05, 0) is 19.0 Å². The van der Waals surface area contributed by atoms with E-state index < -0.39 is 0 Å². The maximum Gasteiger partial charge on any atom is 0.185 e. The van der Waals surface area contributed by atoms with Crippen molar-refractivity contribution in [2.24, 2.45) is 5.92 Å². The zero-order valence-electron chi connectivity index (χ0n) is 12.4. The van der Waals surface area contributed by atoms with Crippen LogP contribution >= 0.6 is 11.3 Å². The third-order valence-corrected chi connectivity index (χ3v) is 4.54. The summed E-state index contributed by atoms with van der Waals surface area (Å²) in [6, 6.07) is 0. The highest BCUT2D eigenvalue weighted by Gasteiger charge is 2.18. The van der Waals surface area contributed by atoms with Gasteiger partial charge < -0.3 is 15.1 Å². The average Bonchev–Trinajstić information content (AvgIpc) is 2.87. The first-order chi connectivity index (χ1) is 9.19. The number of nitrogens with zero attached hydrogens (tertiary/aromatic N) is 3. The van der Waals surface area contributed by atoms with E-state index in [9.17, 15) is 0 Å². The quantitative estimate of drug-likeness (QED) is 0.865. The molecule has 1 saturated heterocycles. The van der Waals surface area contributed by atoms with Crippen molar-refractivity contribution in [1.82, 2.24) is 15.2 Å². The number of nitrogens with one attached hydrogen (secondary N) is 1. The lowest BCUT2D eigenvalue weighted by atomic mass is 10.2. The van der Waals surface area contributed by atoms with E-state index in [0.29, 0.717) is 5.92 Å². The molecule has 0 spiro atoms. The first kappa shape index (κ1) is 14.8. The molecule has 108 valence electrons. The predicted molar refractivity (Wildman–Crippen MR) is 83.0 cm³/mol. The first-order valence-electron chi connectivity index (χ1n) is 7.31. The van der Waals surface area contributed by atoms with Crippen molar-refractivity contribution < 1.29 is 0 Å². The normalized spacial score (nSPS) is 17.4. The number of anilines is 1. The summed E-state index contributed by atoms with van der Waals surface area (Å²) in [7, 11) is 0. The van der Waals surface area contributed by atoms with E-state index in [-0.39, 0.29) is 0 Å². The zero-order valence-corrected chi connectivity index (χ0v) is 13.2. The van der Waals surface area contributed by atoms with Gasteiger partial charge in [0.15, 0.2) is 5.13 Å². The first-order valence-corrected chi connectivity index (χ1v) is 8.13. The molecule has 5 heteroatoms. The third-order valence-electron chi connectivity index (χ3n) is 3.48. The SMILES string of the molecule is CCN1CCN(c2ncc(CNCC(C)C)s2)CC1. The lowest BCUT2D eigenvalue weighted by Crippen LogP contribution is -2.46.